The lowest BCUT2D eigenvalue weighted by Crippen LogP contribution is -2.22. The molecule has 0 fully saturated rings. The average Bonchev–Trinajstić information content (AvgIpc) is 3.34. The zero-order valence-electron chi connectivity index (χ0n) is 15.4. The fraction of sp³-hybridized carbons (Fsp3) is 0.143. The molecule has 4 rings (SSSR count). The number of aromatic nitrogens is 4. The fourth-order valence-electron chi connectivity index (χ4n) is 2.83. The molecule has 0 radical (unpaired) electrons. The molecule has 1 amide bonds. The Morgan fingerprint density at radius 3 is 2.43 bits per heavy atom. The minimum atomic E-state index is -0.130. The van der Waals surface area contributed by atoms with Crippen LogP contribution in [-0.2, 0) is 13.0 Å². The Labute approximate surface area is 166 Å². The highest BCUT2D eigenvalue weighted by molar-refractivity contribution is 7.16. The number of thiazole rings is 1. The smallest absolute Gasteiger partial charge is 0.263 e. The van der Waals surface area contributed by atoms with Crippen LogP contribution in [0.15, 0.2) is 66.9 Å². The van der Waals surface area contributed by atoms with Gasteiger partial charge in [0.05, 0.1) is 17.6 Å². The van der Waals surface area contributed by atoms with E-state index in [1.807, 2.05) is 61.7 Å². The lowest BCUT2D eigenvalue weighted by Gasteiger charge is -2.03. The van der Waals surface area contributed by atoms with E-state index in [1.165, 1.54) is 16.9 Å². The molecule has 140 valence electrons. The maximum atomic E-state index is 12.5. The van der Waals surface area contributed by atoms with Crippen LogP contribution in [-0.4, -0.2) is 25.9 Å². The van der Waals surface area contributed by atoms with E-state index in [0.29, 0.717) is 28.7 Å². The summed E-state index contributed by atoms with van der Waals surface area (Å²) in [4.78, 5) is 17.6. The van der Waals surface area contributed by atoms with Gasteiger partial charge in [0.25, 0.3) is 5.91 Å². The van der Waals surface area contributed by atoms with Gasteiger partial charge in [-0.1, -0.05) is 77.2 Å². The zero-order chi connectivity index (χ0) is 19.3. The number of nitrogens with one attached hydrogen (secondary N) is 1. The lowest BCUT2D eigenvalue weighted by atomic mass is 10.1. The van der Waals surface area contributed by atoms with Gasteiger partial charge in [-0.15, -0.1) is 5.10 Å². The SMILES string of the molecule is Cc1nc(-n2cc(Cc3ccccc3)nn2)sc1C(=O)NCc1ccccc1. The quantitative estimate of drug-likeness (QED) is 0.547. The first-order chi connectivity index (χ1) is 13.7. The van der Waals surface area contributed by atoms with E-state index in [4.69, 9.17) is 0 Å². The maximum absolute atomic E-state index is 12.5. The molecule has 0 atom stereocenters. The normalized spacial score (nSPS) is 10.8. The largest absolute Gasteiger partial charge is 0.347 e. The van der Waals surface area contributed by atoms with Crippen LogP contribution in [0.3, 0.4) is 0 Å². The number of carbonyl (C=O) groups is 1. The highest BCUT2D eigenvalue weighted by Crippen LogP contribution is 2.21. The van der Waals surface area contributed by atoms with Gasteiger partial charge < -0.3 is 5.32 Å². The van der Waals surface area contributed by atoms with Gasteiger partial charge in [-0.2, -0.15) is 4.68 Å². The standard InChI is InChI=1S/C21H19N5OS/c1-15-19(20(27)22-13-17-10-6-3-7-11-17)28-21(23-15)26-14-18(24-25-26)12-16-8-4-2-5-9-16/h2-11,14H,12-13H2,1H3,(H,22,27). The van der Waals surface area contributed by atoms with Crippen molar-refractivity contribution >= 4 is 17.2 Å². The molecule has 28 heavy (non-hydrogen) atoms. The molecular weight excluding hydrogens is 370 g/mol. The number of amides is 1. The molecule has 4 aromatic rings. The third kappa shape index (κ3) is 4.15. The summed E-state index contributed by atoms with van der Waals surface area (Å²) in [5, 5.41) is 12.0. The lowest BCUT2D eigenvalue weighted by molar-refractivity contribution is 0.0954. The second-order valence-electron chi connectivity index (χ2n) is 6.40. The number of hydrogen-bond donors (Lipinski definition) is 1. The van der Waals surface area contributed by atoms with Crippen LogP contribution in [0.25, 0.3) is 5.13 Å². The molecule has 0 aliphatic carbocycles. The Hall–Kier alpha value is -3.32. The van der Waals surface area contributed by atoms with Crippen molar-refractivity contribution in [2.24, 2.45) is 0 Å². The number of benzene rings is 2. The van der Waals surface area contributed by atoms with Crippen molar-refractivity contribution in [2.75, 3.05) is 0 Å². The molecule has 7 heteroatoms. The molecule has 0 saturated heterocycles. The molecule has 1 N–H and O–H groups in total. The minimum absolute atomic E-state index is 0.130. The molecule has 0 spiro atoms. The first-order valence-corrected chi connectivity index (χ1v) is 9.76. The van der Waals surface area contributed by atoms with Crippen LogP contribution >= 0.6 is 11.3 Å². The summed E-state index contributed by atoms with van der Waals surface area (Å²) in [5.74, 6) is -0.130. The van der Waals surface area contributed by atoms with Gasteiger partial charge in [-0.25, -0.2) is 4.98 Å². The predicted molar refractivity (Wildman–Crippen MR) is 109 cm³/mol. The Kier molecular flexibility index (Phi) is 5.25. The Balaban J connectivity index is 1.46. The number of aryl methyl sites for hydroxylation is 1. The van der Waals surface area contributed by atoms with Gasteiger partial charge in [0.15, 0.2) is 0 Å². The van der Waals surface area contributed by atoms with E-state index in [1.54, 1.807) is 4.68 Å². The van der Waals surface area contributed by atoms with Crippen LogP contribution < -0.4 is 5.32 Å². The van der Waals surface area contributed by atoms with Gasteiger partial charge >= 0.3 is 0 Å². The van der Waals surface area contributed by atoms with E-state index in [0.717, 1.165) is 11.3 Å². The number of hydrogen-bond acceptors (Lipinski definition) is 5. The Morgan fingerprint density at radius 1 is 1.04 bits per heavy atom. The van der Waals surface area contributed by atoms with Gasteiger partial charge in [-0.3, -0.25) is 4.79 Å². The molecular formula is C21H19N5OS. The van der Waals surface area contributed by atoms with E-state index >= 15 is 0 Å². The first kappa shape index (κ1) is 18.1. The number of carbonyl (C=O) groups excluding carboxylic acids is 1. The van der Waals surface area contributed by atoms with Crippen molar-refractivity contribution in [2.45, 2.75) is 19.9 Å². The van der Waals surface area contributed by atoms with Crippen LogP contribution in [0, 0.1) is 6.92 Å². The molecule has 0 aliphatic rings. The predicted octanol–water partition coefficient (Wildman–Crippen LogP) is 3.55. The monoisotopic (exact) mass is 389 g/mol. The highest BCUT2D eigenvalue weighted by atomic mass is 32.1. The molecule has 2 aromatic heterocycles. The van der Waals surface area contributed by atoms with E-state index < -0.39 is 0 Å². The topological polar surface area (TPSA) is 72.7 Å². The maximum Gasteiger partial charge on any atom is 0.263 e. The zero-order valence-corrected chi connectivity index (χ0v) is 16.2. The third-order valence-electron chi connectivity index (χ3n) is 4.25. The van der Waals surface area contributed by atoms with Crippen molar-refractivity contribution in [3.8, 4) is 5.13 Å². The van der Waals surface area contributed by atoms with Crippen molar-refractivity contribution in [3.63, 3.8) is 0 Å². The van der Waals surface area contributed by atoms with Crippen LogP contribution in [0.4, 0.5) is 0 Å². The Morgan fingerprint density at radius 2 is 1.71 bits per heavy atom. The van der Waals surface area contributed by atoms with Crippen LogP contribution in [0.5, 0.6) is 0 Å². The van der Waals surface area contributed by atoms with Crippen molar-refractivity contribution in [1.82, 2.24) is 25.3 Å². The second kappa shape index (κ2) is 8.14. The minimum Gasteiger partial charge on any atom is -0.347 e. The first-order valence-electron chi connectivity index (χ1n) is 8.94. The summed E-state index contributed by atoms with van der Waals surface area (Å²) in [6, 6.07) is 19.9. The Bertz CT molecular complexity index is 1070. The van der Waals surface area contributed by atoms with Crippen molar-refractivity contribution < 1.29 is 4.79 Å². The molecule has 0 aliphatic heterocycles. The molecule has 2 aromatic carbocycles. The van der Waals surface area contributed by atoms with E-state index in [2.05, 4.69) is 32.7 Å². The number of nitrogens with zero attached hydrogens (tertiary/aromatic N) is 4. The van der Waals surface area contributed by atoms with Gasteiger partial charge in [-0.05, 0) is 18.1 Å². The molecule has 2 heterocycles. The molecule has 0 unspecified atom stereocenters. The van der Waals surface area contributed by atoms with Gasteiger partial charge in [0, 0.05) is 13.0 Å². The van der Waals surface area contributed by atoms with Crippen LogP contribution in [0.1, 0.15) is 32.2 Å². The van der Waals surface area contributed by atoms with Gasteiger partial charge in [0.1, 0.15) is 4.88 Å². The van der Waals surface area contributed by atoms with E-state index in [-0.39, 0.29) is 5.91 Å². The average molecular weight is 389 g/mol. The summed E-state index contributed by atoms with van der Waals surface area (Å²) < 4.78 is 1.63. The molecule has 0 saturated carbocycles. The van der Waals surface area contributed by atoms with Crippen molar-refractivity contribution in [1.29, 1.82) is 0 Å². The van der Waals surface area contributed by atoms with Crippen LogP contribution in [0.2, 0.25) is 0 Å². The van der Waals surface area contributed by atoms with E-state index in [9.17, 15) is 4.79 Å². The summed E-state index contributed by atoms with van der Waals surface area (Å²) in [6.07, 6.45) is 2.56. The number of rotatable bonds is 6. The summed E-state index contributed by atoms with van der Waals surface area (Å²) in [5.41, 5.74) is 3.77. The molecule has 0 bridgehead atoms. The summed E-state index contributed by atoms with van der Waals surface area (Å²) >= 11 is 1.31. The highest BCUT2D eigenvalue weighted by Gasteiger charge is 2.17. The second-order valence-corrected chi connectivity index (χ2v) is 7.37. The third-order valence-corrected chi connectivity index (χ3v) is 5.40. The summed E-state index contributed by atoms with van der Waals surface area (Å²) in [6.45, 7) is 2.32. The summed E-state index contributed by atoms with van der Waals surface area (Å²) in [7, 11) is 0. The van der Waals surface area contributed by atoms with Gasteiger partial charge in [0.2, 0.25) is 5.13 Å². The van der Waals surface area contributed by atoms with Crippen molar-refractivity contribution in [3.05, 3.63) is 94.3 Å². The fourth-order valence-corrected chi connectivity index (χ4v) is 3.73. The molecule has 6 nitrogen and oxygen atoms in total.